The Balaban J connectivity index is 2.84. The highest BCUT2D eigenvalue weighted by Crippen LogP contribution is 2.28. The van der Waals surface area contributed by atoms with Crippen LogP contribution in [-0.4, -0.2) is 20.9 Å². The van der Waals surface area contributed by atoms with Gasteiger partial charge in [0.15, 0.2) is 5.15 Å². The highest BCUT2D eigenvalue weighted by atomic mass is 35.5. The second-order valence-electron chi connectivity index (χ2n) is 3.83. The predicted octanol–water partition coefficient (Wildman–Crippen LogP) is 2.97. The summed E-state index contributed by atoms with van der Waals surface area (Å²) < 4.78 is 1.73. The Morgan fingerprint density at radius 2 is 2.19 bits per heavy atom. The number of aromatic nitrogens is 2. The lowest BCUT2D eigenvalue weighted by Gasteiger charge is -2.06. The van der Waals surface area contributed by atoms with E-state index in [4.69, 9.17) is 16.7 Å². The molecule has 1 N–H and O–H groups in total. The van der Waals surface area contributed by atoms with Gasteiger partial charge in [-0.25, -0.2) is 4.79 Å². The van der Waals surface area contributed by atoms with Crippen LogP contribution in [0.25, 0.3) is 10.9 Å². The minimum Gasteiger partial charge on any atom is -0.478 e. The molecule has 0 aliphatic rings. The molecule has 2 rings (SSSR count). The summed E-state index contributed by atoms with van der Waals surface area (Å²) in [5.74, 6) is -0.990. The lowest BCUT2D eigenvalue weighted by Crippen LogP contribution is -2.02. The average molecular weight is 239 g/mol. The largest absolute Gasteiger partial charge is 0.478 e. The third-order valence-electron chi connectivity index (χ3n) is 2.41. The fraction of sp³-hybridized carbons (Fsp3) is 0.273. The number of carboxylic acids is 1. The molecule has 5 heteroatoms. The summed E-state index contributed by atoms with van der Waals surface area (Å²) >= 11 is 5.98. The molecule has 0 radical (unpaired) electrons. The van der Waals surface area contributed by atoms with Gasteiger partial charge in [0.1, 0.15) is 0 Å². The van der Waals surface area contributed by atoms with Gasteiger partial charge in [0, 0.05) is 6.04 Å². The Morgan fingerprint density at radius 1 is 1.50 bits per heavy atom. The van der Waals surface area contributed by atoms with Crippen LogP contribution in [0.5, 0.6) is 0 Å². The number of halogens is 1. The highest BCUT2D eigenvalue weighted by Gasteiger charge is 2.17. The van der Waals surface area contributed by atoms with Gasteiger partial charge in [-0.2, -0.15) is 5.10 Å². The number of nitrogens with zero attached hydrogens (tertiary/aromatic N) is 2. The van der Waals surface area contributed by atoms with Crippen molar-refractivity contribution in [1.82, 2.24) is 9.78 Å². The van der Waals surface area contributed by atoms with E-state index >= 15 is 0 Å². The Kier molecular flexibility index (Phi) is 2.59. The Bertz CT molecular complexity index is 560. The molecule has 0 spiro atoms. The predicted molar refractivity (Wildman–Crippen MR) is 62.1 cm³/mol. The zero-order chi connectivity index (χ0) is 11.9. The molecule has 1 aromatic heterocycles. The van der Waals surface area contributed by atoms with Crippen molar-refractivity contribution in [2.45, 2.75) is 19.9 Å². The molecule has 0 amide bonds. The first kappa shape index (κ1) is 11.0. The van der Waals surface area contributed by atoms with E-state index in [9.17, 15) is 4.79 Å². The highest BCUT2D eigenvalue weighted by molar-refractivity contribution is 6.35. The number of benzene rings is 1. The van der Waals surface area contributed by atoms with Gasteiger partial charge in [-0.05, 0) is 26.0 Å². The molecular formula is C11H11ClN2O2. The lowest BCUT2D eigenvalue weighted by atomic mass is 10.1. The van der Waals surface area contributed by atoms with Gasteiger partial charge in [-0.3, -0.25) is 4.68 Å². The first-order valence-corrected chi connectivity index (χ1v) is 5.30. The molecule has 0 saturated heterocycles. The van der Waals surface area contributed by atoms with Crippen LogP contribution in [0.3, 0.4) is 0 Å². The minimum atomic E-state index is -0.990. The summed E-state index contributed by atoms with van der Waals surface area (Å²) in [6.45, 7) is 3.94. The third-order valence-corrected chi connectivity index (χ3v) is 2.68. The van der Waals surface area contributed by atoms with Crippen molar-refractivity contribution in [3.63, 3.8) is 0 Å². The van der Waals surface area contributed by atoms with Crippen LogP contribution in [0.15, 0.2) is 18.2 Å². The second kappa shape index (κ2) is 3.79. The summed E-state index contributed by atoms with van der Waals surface area (Å²) in [6.07, 6.45) is 0. The number of hydrogen-bond donors (Lipinski definition) is 1. The standard InChI is InChI=1S/C11H11ClN2O2/c1-6(2)14-8-5-3-4-7(11(15)16)9(8)10(12)13-14/h3-6H,1-2H3,(H,15,16). The second-order valence-corrected chi connectivity index (χ2v) is 4.19. The molecule has 0 aliphatic carbocycles. The van der Waals surface area contributed by atoms with Gasteiger partial charge in [-0.15, -0.1) is 0 Å². The maximum Gasteiger partial charge on any atom is 0.336 e. The number of rotatable bonds is 2. The van der Waals surface area contributed by atoms with Crippen molar-refractivity contribution in [2.24, 2.45) is 0 Å². The van der Waals surface area contributed by atoms with Gasteiger partial charge in [0.05, 0.1) is 16.5 Å². The van der Waals surface area contributed by atoms with E-state index < -0.39 is 5.97 Å². The number of hydrogen-bond acceptors (Lipinski definition) is 2. The van der Waals surface area contributed by atoms with Gasteiger partial charge < -0.3 is 5.11 Å². The van der Waals surface area contributed by atoms with Crippen LogP contribution in [-0.2, 0) is 0 Å². The molecular weight excluding hydrogens is 228 g/mol. The topological polar surface area (TPSA) is 55.1 Å². The zero-order valence-electron chi connectivity index (χ0n) is 8.94. The molecule has 1 aromatic carbocycles. The minimum absolute atomic E-state index is 0.138. The Hall–Kier alpha value is -1.55. The summed E-state index contributed by atoms with van der Waals surface area (Å²) in [4.78, 5) is 11.1. The fourth-order valence-electron chi connectivity index (χ4n) is 1.72. The molecule has 0 atom stereocenters. The van der Waals surface area contributed by atoms with Crippen LogP contribution in [0, 0.1) is 0 Å². The molecule has 0 aliphatic heterocycles. The maximum atomic E-state index is 11.1. The van der Waals surface area contributed by atoms with Crippen LogP contribution >= 0.6 is 11.6 Å². The summed E-state index contributed by atoms with van der Waals surface area (Å²) in [5.41, 5.74) is 0.939. The maximum absolute atomic E-state index is 11.1. The third kappa shape index (κ3) is 1.55. The SMILES string of the molecule is CC(C)n1nc(Cl)c2c(C(=O)O)cccc21. The van der Waals surface area contributed by atoms with Crippen molar-refractivity contribution in [2.75, 3.05) is 0 Å². The molecule has 1 heterocycles. The van der Waals surface area contributed by atoms with Gasteiger partial charge in [-0.1, -0.05) is 17.7 Å². The van der Waals surface area contributed by atoms with Gasteiger partial charge in [0.25, 0.3) is 0 Å². The zero-order valence-corrected chi connectivity index (χ0v) is 9.69. The van der Waals surface area contributed by atoms with E-state index in [2.05, 4.69) is 5.10 Å². The lowest BCUT2D eigenvalue weighted by molar-refractivity contribution is 0.0699. The van der Waals surface area contributed by atoms with Gasteiger partial charge in [0.2, 0.25) is 0 Å². The smallest absolute Gasteiger partial charge is 0.336 e. The van der Waals surface area contributed by atoms with E-state index in [1.807, 2.05) is 19.9 Å². The Labute approximate surface area is 97.4 Å². The van der Waals surface area contributed by atoms with E-state index in [0.29, 0.717) is 5.39 Å². The van der Waals surface area contributed by atoms with E-state index in [0.717, 1.165) is 5.52 Å². The first-order chi connectivity index (χ1) is 7.52. The number of carboxylic acid groups (broad SMARTS) is 1. The normalized spacial score (nSPS) is 11.2. The molecule has 16 heavy (non-hydrogen) atoms. The van der Waals surface area contributed by atoms with E-state index in [1.165, 1.54) is 6.07 Å². The van der Waals surface area contributed by atoms with Crippen molar-refractivity contribution >= 4 is 28.5 Å². The molecule has 0 bridgehead atoms. The molecule has 0 saturated carbocycles. The van der Waals surface area contributed by atoms with Crippen molar-refractivity contribution in [3.8, 4) is 0 Å². The summed E-state index contributed by atoms with van der Waals surface area (Å²) in [6, 6.07) is 5.19. The van der Waals surface area contributed by atoms with Gasteiger partial charge >= 0.3 is 5.97 Å². The molecule has 4 nitrogen and oxygen atoms in total. The monoisotopic (exact) mass is 238 g/mol. The van der Waals surface area contributed by atoms with E-state index in [-0.39, 0.29) is 16.8 Å². The van der Waals surface area contributed by atoms with E-state index in [1.54, 1.807) is 10.7 Å². The van der Waals surface area contributed by atoms with Crippen molar-refractivity contribution in [1.29, 1.82) is 0 Å². The number of fused-ring (bicyclic) bond motifs is 1. The summed E-state index contributed by atoms with van der Waals surface area (Å²) in [7, 11) is 0. The molecule has 0 unspecified atom stereocenters. The molecule has 84 valence electrons. The van der Waals surface area contributed by atoms with Crippen LogP contribution in [0.2, 0.25) is 5.15 Å². The van der Waals surface area contributed by atoms with Crippen LogP contribution in [0.1, 0.15) is 30.2 Å². The quantitative estimate of drug-likeness (QED) is 0.875. The molecule has 0 fully saturated rings. The van der Waals surface area contributed by atoms with Crippen LogP contribution in [0.4, 0.5) is 0 Å². The fourth-order valence-corrected chi connectivity index (χ4v) is 2.00. The number of aromatic carboxylic acids is 1. The molecule has 2 aromatic rings. The van der Waals surface area contributed by atoms with Crippen LogP contribution < -0.4 is 0 Å². The van der Waals surface area contributed by atoms with Crippen molar-refractivity contribution in [3.05, 3.63) is 28.9 Å². The number of carbonyl (C=O) groups is 1. The Morgan fingerprint density at radius 3 is 2.75 bits per heavy atom. The summed E-state index contributed by atoms with van der Waals surface area (Å²) in [5, 5.41) is 14.0. The average Bonchev–Trinajstić information content (AvgIpc) is 2.56. The van der Waals surface area contributed by atoms with Crippen molar-refractivity contribution < 1.29 is 9.90 Å². The first-order valence-electron chi connectivity index (χ1n) is 4.92.